The number of halogens is 1. The van der Waals surface area contributed by atoms with Crippen molar-refractivity contribution < 1.29 is 23.9 Å². The van der Waals surface area contributed by atoms with Gasteiger partial charge >= 0.3 is 5.97 Å². The fourth-order valence-electron chi connectivity index (χ4n) is 4.68. The number of carbonyl (C=O) groups excluding carboxylic acids is 2. The maximum atomic E-state index is 13.9. The van der Waals surface area contributed by atoms with Gasteiger partial charge in [0.1, 0.15) is 11.7 Å². The average molecular weight is 531 g/mol. The number of hydrogen-bond donors (Lipinski definition) is 2. The highest BCUT2D eigenvalue weighted by molar-refractivity contribution is 6.24. The van der Waals surface area contributed by atoms with Crippen LogP contribution in [0, 0.1) is 5.82 Å². The number of rotatable bonds is 10. The van der Waals surface area contributed by atoms with Gasteiger partial charge < -0.3 is 20.2 Å². The Bertz CT molecular complexity index is 1420. The maximum absolute atomic E-state index is 13.9. The van der Waals surface area contributed by atoms with Crippen LogP contribution in [-0.2, 0) is 20.8 Å². The molecule has 4 rings (SSSR count). The van der Waals surface area contributed by atoms with Gasteiger partial charge in [-0.2, -0.15) is 0 Å². The lowest BCUT2D eigenvalue weighted by Gasteiger charge is -2.22. The first-order chi connectivity index (χ1) is 18.6. The fraction of sp³-hybridized carbons (Fsp3) is 0.267. The molecular formula is C30H31FN4O4. The first kappa shape index (κ1) is 27.7. The summed E-state index contributed by atoms with van der Waals surface area (Å²) < 4.78 is 13.9. The van der Waals surface area contributed by atoms with Crippen molar-refractivity contribution in [2.24, 2.45) is 4.99 Å². The number of anilines is 2. The summed E-state index contributed by atoms with van der Waals surface area (Å²) in [5.74, 6) is -2.67. The summed E-state index contributed by atoms with van der Waals surface area (Å²) >= 11 is 0. The molecule has 0 spiro atoms. The molecule has 0 fully saturated rings. The number of carbonyl (C=O) groups is 3. The molecule has 1 heterocycles. The Labute approximate surface area is 226 Å². The van der Waals surface area contributed by atoms with Crippen LogP contribution in [0.2, 0.25) is 0 Å². The first-order valence-corrected chi connectivity index (χ1v) is 12.7. The second kappa shape index (κ2) is 12.0. The van der Waals surface area contributed by atoms with Crippen LogP contribution in [0.1, 0.15) is 36.0 Å². The standard InChI is InChI=1S/C30H31FN4O4/c1-19(36)35(15-5-14-34(2)3)24-11-9-23(10-12-24)32-29(21-7-4-6-20(16-21)17-27(37)38)28-25-13-8-22(31)18-26(25)33-30(28)39/h4,6-13,16,18,28H,5,14-15,17H2,1-3H3,(H,33,39)(H,37,38). The van der Waals surface area contributed by atoms with Gasteiger partial charge in [-0.25, -0.2) is 4.39 Å². The van der Waals surface area contributed by atoms with E-state index in [2.05, 4.69) is 10.2 Å². The smallest absolute Gasteiger partial charge is 0.307 e. The van der Waals surface area contributed by atoms with Crippen LogP contribution in [0.15, 0.2) is 71.7 Å². The van der Waals surface area contributed by atoms with E-state index in [0.717, 1.165) is 18.7 Å². The lowest BCUT2D eigenvalue weighted by atomic mass is 9.89. The van der Waals surface area contributed by atoms with Gasteiger partial charge in [0.25, 0.3) is 0 Å². The number of nitrogens with zero attached hydrogens (tertiary/aromatic N) is 3. The molecular weight excluding hydrogens is 499 g/mol. The van der Waals surface area contributed by atoms with Crippen molar-refractivity contribution in [2.75, 3.05) is 37.4 Å². The monoisotopic (exact) mass is 530 g/mol. The van der Waals surface area contributed by atoms with Crippen molar-refractivity contribution in [1.82, 2.24) is 4.90 Å². The zero-order valence-corrected chi connectivity index (χ0v) is 22.1. The summed E-state index contributed by atoms with van der Waals surface area (Å²) in [5.41, 5.74) is 3.82. The quantitative estimate of drug-likeness (QED) is 0.373. The minimum atomic E-state index is -0.971. The number of amides is 2. The van der Waals surface area contributed by atoms with Gasteiger partial charge in [-0.05, 0) is 86.2 Å². The third kappa shape index (κ3) is 6.74. The van der Waals surface area contributed by atoms with Crippen molar-refractivity contribution in [1.29, 1.82) is 0 Å². The van der Waals surface area contributed by atoms with Crippen LogP contribution < -0.4 is 10.2 Å². The second-order valence-electron chi connectivity index (χ2n) is 9.77. The number of benzene rings is 3. The van der Waals surface area contributed by atoms with Gasteiger partial charge in [0.2, 0.25) is 11.8 Å². The molecule has 1 unspecified atom stereocenters. The molecule has 39 heavy (non-hydrogen) atoms. The van der Waals surface area contributed by atoms with E-state index < -0.39 is 17.7 Å². The highest BCUT2D eigenvalue weighted by Crippen LogP contribution is 2.37. The molecule has 0 bridgehead atoms. The average Bonchev–Trinajstić information content (AvgIpc) is 3.19. The van der Waals surface area contributed by atoms with E-state index in [1.54, 1.807) is 47.4 Å². The molecule has 0 saturated heterocycles. The van der Waals surface area contributed by atoms with Crippen molar-refractivity contribution in [3.63, 3.8) is 0 Å². The Morgan fingerprint density at radius 1 is 1.03 bits per heavy atom. The molecule has 0 saturated carbocycles. The molecule has 0 aliphatic carbocycles. The topological polar surface area (TPSA) is 102 Å². The number of carboxylic acids is 1. The molecule has 0 radical (unpaired) electrons. The molecule has 9 heteroatoms. The normalized spacial score (nSPS) is 14.7. The summed E-state index contributed by atoms with van der Waals surface area (Å²) in [4.78, 5) is 45.4. The summed E-state index contributed by atoms with van der Waals surface area (Å²) in [6.45, 7) is 2.96. The second-order valence-corrected chi connectivity index (χ2v) is 9.77. The first-order valence-electron chi connectivity index (χ1n) is 12.7. The van der Waals surface area contributed by atoms with E-state index in [1.165, 1.54) is 19.1 Å². The number of aliphatic carboxylic acids is 1. The Balaban J connectivity index is 1.73. The van der Waals surface area contributed by atoms with Crippen LogP contribution in [0.5, 0.6) is 0 Å². The number of hydrogen-bond acceptors (Lipinski definition) is 5. The number of carboxylic acid groups (broad SMARTS) is 1. The van der Waals surface area contributed by atoms with Crippen LogP contribution in [0.4, 0.5) is 21.5 Å². The SMILES string of the molecule is CC(=O)N(CCCN(C)C)c1ccc(N=C(c2cccc(CC(=O)O)c2)C2C(=O)Nc3cc(F)ccc32)cc1. The molecule has 1 aliphatic rings. The number of fused-ring (bicyclic) bond motifs is 1. The maximum Gasteiger partial charge on any atom is 0.307 e. The molecule has 0 aromatic heterocycles. The summed E-state index contributed by atoms with van der Waals surface area (Å²) in [7, 11) is 3.97. The lowest BCUT2D eigenvalue weighted by molar-refractivity contribution is -0.136. The van der Waals surface area contributed by atoms with Gasteiger partial charge in [0.15, 0.2) is 0 Å². The Morgan fingerprint density at radius 2 is 1.77 bits per heavy atom. The van der Waals surface area contributed by atoms with E-state index in [1.807, 2.05) is 26.2 Å². The molecule has 1 atom stereocenters. The van der Waals surface area contributed by atoms with Gasteiger partial charge in [0.05, 0.1) is 17.8 Å². The third-order valence-corrected chi connectivity index (χ3v) is 6.48. The highest BCUT2D eigenvalue weighted by atomic mass is 19.1. The zero-order chi connectivity index (χ0) is 28.1. The van der Waals surface area contributed by atoms with Crippen LogP contribution >= 0.6 is 0 Å². The molecule has 202 valence electrons. The van der Waals surface area contributed by atoms with Crippen molar-refractivity contribution in [2.45, 2.75) is 25.7 Å². The Hall–Kier alpha value is -4.37. The van der Waals surface area contributed by atoms with Gasteiger partial charge in [-0.15, -0.1) is 0 Å². The Morgan fingerprint density at radius 3 is 2.44 bits per heavy atom. The van der Waals surface area contributed by atoms with Gasteiger partial charge in [-0.1, -0.05) is 24.3 Å². The minimum absolute atomic E-state index is 0.0626. The molecule has 3 aromatic rings. The van der Waals surface area contributed by atoms with E-state index in [4.69, 9.17) is 4.99 Å². The van der Waals surface area contributed by atoms with Gasteiger partial charge in [-0.3, -0.25) is 19.4 Å². The molecule has 2 amide bonds. The predicted octanol–water partition coefficient (Wildman–Crippen LogP) is 4.61. The highest BCUT2D eigenvalue weighted by Gasteiger charge is 2.35. The summed E-state index contributed by atoms with van der Waals surface area (Å²) in [6.07, 6.45) is 0.642. The number of nitrogens with one attached hydrogen (secondary N) is 1. The zero-order valence-electron chi connectivity index (χ0n) is 22.1. The van der Waals surface area contributed by atoms with E-state index in [0.29, 0.717) is 40.3 Å². The fourth-order valence-corrected chi connectivity index (χ4v) is 4.68. The third-order valence-electron chi connectivity index (χ3n) is 6.48. The van der Waals surface area contributed by atoms with E-state index in [9.17, 15) is 23.9 Å². The Kier molecular flexibility index (Phi) is 8.51. The summed E-state index contributed by atoms with van der Waals surface area (Å²) in [5, 5.41) is 12.0. The lowest BCUT2D eigenvalue weighted by Crippen LogP contribution is -2.31. The van der Waals surface area contributed by atoms with Crippen molar-refractivity contribution in [3.8, 4) is 0 Å². The van der Waals surface area contributed by atoms with Crippen LogP contribution in [0.25, 0.3) is 0 Å². The van der Waals surface area contributed by atoms with E-state index >= 15 is 0 Å². The van der Waals surface area contributed by atoms with Crippen molar-refractivity contribution >= 4 is 40.6 Å². The molecule has 8 nitrogen and oxygen atoms in total. The molecule has 2 N–H and O–H groups in total. The van der Waals surface area contributed by atoms with E-state index in [-0.39, 0.29) is 18.2 Å². The summed E-state index contributed by atoms with van der Waals surface area (Å²) in [6, 6.07) is 18.2. The van der Waals surface area contributed by atoms with Crippen molar-refractivity contribution in [3.05, 3.63) is 89.2 Å². The van der Waals surface area contributed by atoms with Crippen LogP contribution in [0.3, 0.4) is 0 Å². The molecule has 3 aromatic carbocycles. The number of aliphatic imine (C=N–C) groups is 1. The molecule has 1 aliphatic heterocycles. The minimum Gasteiger partial charge on any atom is -0.481 e. The largest absolute Gasteiger partial charge is 0.481 e. The predicted molar refractivity (Wildman–Crippen MR) is 149 cm³/mol. The van der Waals surface area contributed by atoms with Gasteiger partial charge in [0, 0.05) is 24.8 Å². The van der Waals surface area contributed by atoms with Crippen LogP contribution in [-0.4, -0.2) is 60.7 Å².